The summed E-state index contributed by atoms with van der Waals surface area (Å²) in [5.41, 5.74) is 2.49. The summed E-state index contributed by atoms with van der Waals surface area (Å²) in [6.07, 6.45) is 9.08. The van der Waals surface area contributed by atoms with Crippen LogP contribution in [-0.2, 0) is 19.7 Å². The van der Waals surface area contributed by atoms with Crippen molar-refractivity contribution < 1.29 is 29.3 Å². The lowest BCUT2D eigenvalue weighted by atomic mass is 9.66. The molecule has 1 aromatic carbocycles. The fourth-order valence-electron chi connectivity index (χ4n) is 5.57. The Hall–Kier alpha value is -2.50. The van der Waals surface area contributed by atoms with Crippen LogP contribution in [0.25, 0.3) is 0 Å². The van der Waals surface area contributed by atoms with Gasteiger partial charge in [0.1, 0.15) is 23.7 Å². The number of aromatic hydroxyl groups is 1. The van der Waals surface area contributed by atoms with Gasteiger partial charge in [0, 0.05) is 17.4 Å². The highest BCUT2D eigenvalue weighted by atomic mass is 16.5. The van der Waals surface area contributed by atoms with Crippen LogP contribution in [0.5, 0.6) is 11.5 Å². The number of phenols is 1. The molecule has 6 heteroatoms. The predicted octanol–water partition coefficient (Wildman–Crippen LogP) is 6.64. The van der Waals surface area contributed by atoms with Gasteiger partial charge in [-0.3, -0.25) is 9.59 Å². The fourth-order valence-corrected chi connectivity index (χ4v) is 5.57. The number of benzene rings is 1. The molecule has 0 spiro atoms. The van der Waals surface area contributed by atoms with Gasteiger partial charge in [0.05, 0.1) is 12.8 Å². The minimum absolute atomic E-state index is 0.0631. The number of phenolic OH excluding ortho intramolecular Hbond substituents is 1. The number of fused-ring (bicyclic) bond motifs is 3. The quantitative estimate of drug-likeness (QED) is 0.207. The Morgan fingerprint density at radius 2 is 1.91 bits per heavy atom. The molecule has 0 unspecified atom stereocenters. The first-order valence-electron chi connectivity index (χ1n) is 13.1. The highest BCUT2D eigenvalue weighted by molar-refractivity contribution is 5.76. The number of carboxylic acid groups (broad SMARTS) is 1. The van der Waals surface area contributed by atoms with Crippen molar-refractivity contribution in [2.24, 2.45) is 5.92 Å². The Kier molecular flexibility index (Phi) is 8.55. The van der Waals surface area contributed by atoms with Gasteiger partial charge < -0.3 is 19.7 Å². The molecule has 1 heterocycles. The summed E-state index contributed by atoms with van der Waals surface area (Å²) >= 11 is 0. The maximum Gasteiger partial charge on any atom is 0.306 e. The Morgan fingerprint density at radius 1 is 1.17 bits per heavy atom. The first-order valence-corrected chi connectivity index (χ1v) is 13.1. The number of carbonyl (C=O) groups is 2. The van der Waals surface area contributed by atoms with Crippen LogP contribution >= 0.6 is 0 Å². The molecular formula is C29H42O6. The Labute approximate surface area is 209 Å². The largest absolute Gasteiger partial charge is 0.508 e. The normalized spacial score (nSPS) is 20.8. The summed E-state index contributed by atoms with van der Waals surface area (Å²) < 4.78 is 11.8. The third-order valence-corrected chi connectivity index (χ3v) is 7.78. The number of aliphatic carboxylic acids is 1. The second-order valence-corrected chi connectivity index (χ2v) is 11.4. The van der Waals surface area contributed by atoms with Crippen molar-refractivity contribution in [3.8, 4) is 11.5 Å². The molecule has 2 aliphatic rings. The Morgan fingerprint density at radius 3 is 2.60 bits per heavy atom. The van der Waals surface area contributed by atoms with Crippen LogP contribution in [0.3, 0.4) is 0 Å². The predicted molar refractivity (Wildman–Crippen MR) is 136 cm³/mol. The molecule has 6 nitrogen and oxygen atoms in total. The molecule has 3 rings (SSSR count). The van der Waals surface area contributed by atoms with E-state index in [0.29, 0.717) is 6.42 Å². The van der Waals surface area contributed by atoms with E-state index in [0.717, 1.165) is 41.7 Å². The molecule has 1 aliphatic heterocycles. The van der Waals surface area contributed by atoms with E-state index in [1.807, 2.05) is 6.07 Å². The molecule has 2 atom stereocenters. The van der Waals surface area contributed by atoms with Gasteiger partial charge >= 0.3 is 11.9 Å². The Balaban J connectivity index is 1.79. The zero-order valence-electron chi connectivity index (χ0n) is 22.0. The number of carbonyl (C=O) groups excluding carboxylic acids is 1. The highest BCUT2D eigenvalue weighted by Crippen LogP contribution is 2.55. The summed E-state index contributed by atoms with van der Waals surface area (Å²) in [5.74, 6) is -0.219. The zero-order valence-corrected chi connectivity index (χ0v) is 22.0. The minimum atomic E-state index is -1.01. The number of carboxylic acids is 1. The van der Waals surface area contributed by atoms with Crippen molar-refractivity contribution >= 4 is 11.9 Å². The lowest BCUT2D eigenvalue weighted by molar-refractivity contribution is -0.147. The summed E-state index contributed by atoms with van der Waals surface area (Å²) in [6.45, 7) is 11.1. The van der Waals surface area contributed by atoms with Gasteiger partial charge in [0.2, 0.25) is 0 Å². The van der Waals surface area contributed by atoms with Crippen LogP contribution < -0.4 is 4.74 Å². The number of ether oxygens (including phenoxy) is 2. The van der Waals surface area contributed by atoms with E-state index in [-0.39, 0.29) is 42.4 Å². The topological polar surface area (TPSA) is 93.1 Å². The molecular weight excluding hydrogens is 444 g/mol. The van der Waals surface area contributed by atoms with E-state index in [9.17, 15) is 14.7 Å². The molecule has 194 valence electrons. The number of unbranched alkanes of at least 4 members (excludes halogenated alkanes) is 3. The van der Waals surface area contributed by atoms with E-state index in [2.05, 4.69) is 46.8 Å². The lowest BCUT2D eigenvalue weighted by Crippen LogP contribution is -2.45. The third-order valence-electron chi connectivity index (χ3n) is 7.78. The van der Waals surface area contributed by atoms with E-state index in [1.54, 1.807) is 0 Å². The summed E-state index contributed by atoms with van der Waals surface area (Å²) in [6, 6.07) is 4.04. The van der Waals surface area contributed by atoms with Crippen LogP contribution in [0.1, 0.15) is 109 Å². The SMILES string of the molecule is CCCCCCC(C)(C)c1cc(O)c2c(c1)OC(C)(C)[C@H]1CC=C(COC(=O)CCC(=O)O)C[C@H]21. The van der Waals surface area contributed by atoms with Crippen LogP contribution in [0.15, 0.2) is 23.8 Å². The number of esters is 1. The van der Waals surface area contributed by atoms with Gasteiger partial charge in [-0.25, -0.2) is 0 Å². The molecule has 0 radical (unpaired) electrons. The Bertz CT molecular complexity index is 958. The second kappa shape index (κ2) is 11.0. The van der Waals surface area contributed by atoms with E-state index in [4.69, 9.17) is 14.6 Å². The zero-order chi connectivity index (χ0) is 25.8. The first kappa shape index (κ1) is 27.1. The molecule has 0 fully saturated rings. The molecule has 1 aromatic rings. The van der Waals surface area contributed by atoms with Crippen molar-refractivity contribution in [2.75, 3.05) is 6.61 Å². The molecule has 35 heavy (non-hydrogen) atoms. The number of rotatable bonds is 11. The van der Waals surface area contributed by atoms with Gasteiger partial charge in [-0.2, -0.15) is 0 Å². The molecule has 0 amide bonds. The molecule has 1 aliphatic carbocycles. The molecule has 0 bridgehead atoms. The van der Waals surface area contributed by atoms with Crippen LogP contribution in [0.4, 0.5) is 0 Å². The summed E-state index contributed by atoms with van der Waals surface area (Å²) in [4.78, 5) is 22.6. The maximum atomic E-state index is 11.9. The first-order chi connectivity index (χ1) is 16.4. The lowest BCUT2D eigenvalue weighted by Gasteiger charge is -2.47. The molecule has 0 aromatic heterocycles. The average molecular weight is 487 g/mol. The van der Waals surface area contributed by atoms with Gasteiger partial charge in [-0.1, -0.05) is 52.5 Å². The van der Waals surface area contributed by atoms with Gasteiger partial charge in [-0.15, -0.1) is 0 Å². The van der Waals surface area contributed by atoms with Crippen molar-refractivity contribution in [3.05, 3.63) is 34.9 Å². The van der Waals surface area contributed by atoms with Crippen LogP contribution in [-0.4, -0.2) is 34.4 Å². The maximum absolute atomic E-state index is 11.9. The number of allylic oxidation sites excluding steroid dienone is 1. The molecule has 2 N–H and O–H groups in total. The third kappa shape index (κ3) is 6.59. The highest BCUT2D eigenvalue weighted by Gasteiger charge is 2.46. The van der Waals surface area contributed by atoms with E-state index >= 15 is 0 Å². The summed E-state index contributed by atoms with van der Waals surface area (Å²) in [5, 5.41) is 20.0. The van der Waals surface area contributed by atoms with E-state index in [1.165, 1.54) is 19.3 Å². The van der Waals surface area contributed by atoms with Gasteiger partial charge in [0.15, 0.2) is 0 Å². The monoisotopic (exact) mass is 486 g/mol. The second-order valence-electron chi connectivity index (χ2n) is 11.4. The van der Waals surface area contributed by atoms with Gasteiger partial charge in [0.25, 0.3) is 0 Å². The fraction of sp³-hybridized carbons (Fsp3) is 0.655. The summed E-state index contributed by atoms with van der Waals surface area (Å²) in [7, 11) is 0. The van der Waals surface area contributed by atoms with Crippen molar-refractivity contribution in [3.63, 3.8) is 0 Å². The van der Waals surface area contributed by atoms with Crippen molar-refractivity contribution in [2.45, 2.75) is 109 Å². The van der Waals surface area contributed by atoms with Crippen LogP contribution in [0, 0.1) is 5.92 Å². The smallest absolute Gasteiger partial charge is 0.306 e. The average Bonchev–Trinajstić information content (AvgIpc) is 2.78. The molecule has 0 saturated carbocycles. The number of hydrogen-bond donors (Lipinski definition) is 2. The van der Waals surface area contributed by atoms with Gasteiger partial charge in [-0.05, 0) is 61.8 Å². The minimum Gasteiger partial charge on any atom is -0.508 e. The standard InChI is InChI=1S/C29H42O6/c1-6-7-8-9-14-28(2,3)20-16-23(30)27-21-15-19(18-34-26(33)13-12-25(31)32)10-11-22(21)29(4,5)35-24(27)17-20/h10,16-17,21-22,30H,6-9,11-15,18H2,1-5H3,(H,31,32)/t21-,22-/m0/s1. The van der Waals surface area contributed by atoms with Crippen molar-refractivity contribution in [1.29, 1.82) is 0 Å². The molecule has 0 saturated heterocycles. The van der Waals surface area contributed by atoms with Crippen LogP contribution in [0.2, 0.25) is 0 Å². The van der Waals surface area contributed by atoms with Crippen molar-refractivity contribution in [1.82, 2.24) is 0 Å². The number of hydrogen-bond acceptors (Lipinski definition) is 5. The van der Waals surface area contributed by atoms with E-state index < -0.39 is 17.5 Å².